The lowest BCUT2D eigenvalue weighted by Gasteiger charge is -2.10. The third kappa shape index (κ3) is 3.88. The van der Waals surface area contributed by atoms with Crippen molar-refractivity contribution in [3.63, 3.8) is 0 Å². The number of rotatable bonds is 5. The molecular formula is C21H19FN2O2. The summed E-state index contributed by atoms with van der Waals surface area (Å²) >= 11 is 0. The molecule has 0 aliphatic carbocycles. The number of carbonyl (C=O) groups excluding carboxylic acids is 2. The van der Waals surface area contributed by atoms with Gasteiger partial charge < -0.3 is 9.88 Å². The van der Waals surface area contributed by atoms with E-state index in [0.29, 0.717) is 23.5 Å². The van der Waals surface area contributed by atoms with Gasteiger partial charge in [-0.15, -0.1) is 0 Å². The number of aryl methyl sites for hydroxylation is 2. The first-order valence-corrected chi connectivity index (χ1v) is 8.26. The average molecular weight is 350 g/mol. The molecule has 0 atom stereocenters. The van der Waals surface area contributed by atoms with Crippen molar-refractivity contribution in [2.75, 3.05) is 5.32 Å². The first-order valence-electron chi connectivity index (χ1n) is 8.26. The van der Waals surface area contributed by atoms with Crippen LogP contribution in [0, 0.1) is 19.7 Å². The summed E-state index contributed by atoms with van der Waals surface area (Å²) in [7, 11) is 0. The molecular weight excluding hydrogens is 331 g/mol. The number of nitrogens with one attached hydrogen (secondary N) is 1. The zero-order valence-corrected chi connectivity index (χ0v) is 14.6. The summed E-state index contributed by atoms with van der Waals surface area (Å²) in [6.45, 7) is 4.18. The highest BCUT2D eigenvalue weighted by Gasteiger charge is 2.20. The van der Waals surface area contributed by atoms with Crippen LogP contribution in [0.25, 0.3) is 0 Å². The zero-order valence-electron chi connectivity index (χ0n) is 14.6. The van der Waals surface area contributed by atoms with Crippen LogP contribution in [0.1, 0.15) is 27.2 Å². The lowest BCUT2D eigenvalue weighted by molar-refractivity contribution is -0.112. The van der Waals surface area contributed by atoms with Crippen LogP contribution >= 0.6 is 0 Å². The summed E-state index contributed by atoms with van der Waals surface area (Å²) in [5.74, 6) is -1.77. The van der Waals surface area contributed by atoms with Gasteiger partial charge in [0.2, 0.25) is 0 Å². The van der Waals surface area contributed by atoms with Crippen molar-refractivity contribution in [1.82, 2.24) is 4.57 Å². The Balaban J connectivity index is 1.76. The van der Waals surface area contributed by atoms with Crippen molar-refractivity contribution in [2.45, 2.75) is 20.4 Å². The maximum Gasteiger partial charge on any atom is 0.298 e. The Morgan fingerprint density at radius 3 is 2.46 bits per heavy atom. The number of carbonyl (C=O) groups is 2. The van der Waals surface area contributed by atoms with Gasteiger partial charge >= 0.3 is 0 Å². The van der Waals surface area contributed by atoms with Gasteiger partial charge in [-0.25, -0.2) is 4.39 Å². The Bertz CT molecular complexity index is 958. The van der Waals surface area contributed by atoms with Crippen molar-refractivity contribution >= 4 is 17.4 Å². The van der Waals surface area contributed by atoms with Crippen molar-refractivity contribution < 1.29 is 14.0 Å². The van der Waals surface area contributed by atoms with Crippen LogP contribution in [0.15, 0.2) is 60.8 Å². The smallest absolute Gasteiger partial charge is 0.298 e. The molecule has 4 nitrogen and oxygen atoms in total. The van der Waals surface area contributed by atoms with Crippen LogP contribution in [-0.2, 0) is 11.3 Å². The minimum Gasteiger partial charge on any atom is -0.340 e. The third-order valence-corrected chi connectivity index (χ3v) is 4.18. The van der Waals surface area contributed by atoms with E-state index in [0.717, 1.165) is 11.1 Å². The Kier molecular flexibility index (Phi) is 4.98. The van der Waals surface area contributed by atoms with Gasteiger partial charge in [-0.2, -0.15) is 0 Å². The molecule has 0 aliphatic rings. The molecule has 0 fully saturated rings. The van der Waals surface area contributed by atoms with Crippen molar-refractivity contribution in [3.05, 3.63) is 89.0 Å². The van der Waals surface area contributed by atoms with Gasteiger partial charge in [-0.3, -0.25) is 9.59 Å². The maximum atomic E-state index is 13.2. The number of halogens is 1. The topological polar surface area (TPSA) is 51.1 Å². The number of Topliss-reactive ketones (excluding diaryl/α,β-unsaturated/α-hetero) is 1. The number of hydrogen-bond acceptors (Lipinski definition) is 2. The summed E-state index contributed by atoms with van der Waals surface area (Å²) in [5.41, 5.74) is 3.48. The normalized spacial score (nSPS) is 10.6. The highest BCUT2D eigenvalue weighted by molar-refractivity contribution is 6.46. The Hall–Kier alpha value is -3.21. The third-order valence-electron chi connectivity index (χ3n) is 4.18. The van der Waals surface area contributed by atoms with Crippen LogP contribution < -0.4 is 5.32 Å². The summed E-state index contributed by atoms with van der Waals surface area (Å²) in [6.07, 6.45) is 1.77. The fraction of sp³-hybridized carbons (Fsp3) is 0.143. The lowest BCUT2D eigenvalue weighted by Crippen LogP contribution is -2.25. The van der Waals surface area contributed by atoms with Crippen LogP contribution in [0.2, 0.25) is 0 Å². The second kappa shape index (κ2) is 7.35. The molecule has 0 unspecified atom stereocenters. The molecule has 0 saturated heterocycles. The molecule has 3 aromatic rings. The molecule has 0 spiro atoms. The fourth-order valence-electron chi connectivity index (χ4n) is 2.71. The Morgan fingerprint density at radius 2 is 1.77 bits per heavy atom. The highest BCUT2D eigenvalue weighted by Crippen LogP contribution is 2.17. The molecule has 2 aromatic carbocycles. The maximum absolute atomic E-state index is 13.2. The average Bonchev–Trinajstić information content (AvgIpc) is 3.06. The van der Waals surface area contributed by atoms with Gasteiger partial charge in [-0.1, -0.05) is 29.8 Å². The van der Waals surface area contributed by atoms with Gasteiger partial charge in [0, 0.05) is 18.4 Å². The van der Waals surface area contributed by atoms with Crippen molar-refractivity contribution in [2.24, 2.45) is 0 Å². The van der Waals surface area contributed by atoms with Gasteiger partial charge in [0.25, 0.3) is 11.7 Å². The van der Waals surface area contributed by atoms with E-state index in [4.69, 9.17) is 0 Å². The molecule has 0 saturated carbocycles. The molecule has 1 aromatic heterocycles. The minimum atomic E-state index is -0.747. The number of anilines is 1. The molecule has 0 bridgehead atoms. The molecule has 132 valence electrons. The second-order valence-electron chi connectivity index (χ2n) is 6.25. The summed E-state index contributed by atoms with van der Waals surface area (Å²) in [4.78, 5) is 24.9. The highest BCUT2D eigenvalue weighted by atomic mass is 19.1. The van der Waals surface area contributed by atoms with Gasteiger partial charge in [-0.05, 0) is 55.3 Å². The first-order chi connectivity index (χ1) is 12.4. The van der Waals surface area contributed by atoms with E-state index in [1.54, 1.807) is 29.8 Å². The second-order valence-corrected chi connectivity index (χ2v) is 6.25. The van der Waals surface area contributed by atoms with Crippen LogP contribution in [0.3, 0.4) is 0 Å². The monoisotopic (exact) mass is 350 g/mol. The number of hydrogen-bond donors (Lipinski definition) is 1. The number of ketones is 1. The van der Waals surface area contributed by atoms with E-state index in [9.17, 15) is 14.0 Å². The zero-order chi connectivity index (χ0) is 18.7. The summed E-state index contributed by atoms with van der Waals surface area (Å²) < 4.78 is 14.9. The number of aromatic nitrogens is 1. The predicted octanol–water partition coefficient (Wildman–Crippen LogP) is 4.11. The van der Waals surface area contributed by atoms with Crippen LogP contribution in [0.5, 0.6) is 0 Å². The molecule has 5 heteroatoms. The molecule has 1 N–H and O–H groups in total. The molecule has 1 amide bonds. The predicted molar refractivity (Wildman–Crippen MR) is 98.8 cm³/mol. The van der Waals surface area contributed by atoms with Crippen LogP contribution in [0.4, 0.5) is 10.1 Å². The Labute approximate surface area is 151 Å². The SMILES string of the molecule is Cc1ccc(Cn2cccc2C(=O)C(=O)Nc2ccc(F)cc2C)cc1. The summed E-state index contributed by atoms with van der Waals surface area (Å²) in [5, 5.41) is 2.56. The molecule has 1 heterocycles. The van der Waals surface area contributed by atoms with Gasteiger partial charge in [0.1, 0.15) is 5.82 Å². The van der Waals surface area contributed by atoms with E-state index in [1.807, 2.05) is 31.2 Å². The summed E-state index contributed by atoms with van der Waals surface area (Å²) in [6, 6.07) is 15.3. The quantitative estimate of drug-likeness (QED) is 0.556. The van der Waals surface area contributed by atoms with E-state index in [2.05, 4.69) is 5.32 Å². The standard InChI is InChI=1S/C21H19FN2O2/c1-14-5-7-16(8-6-14)13-24-11-3-4-19(24)20(25)21(26)23-18-10-9-17(22)12-15(18)2/h3-12H,13H2,1-2H3,(H,23,26). The molecule has 0 radical (unpaired) electrons. The van der Waals surface area contributed by atoms with Crippen molar-refractivity contribution in [3.8, 4) is 0 Å². The number of nitrogens with zero attached hydrogens (tertiary/aromatic N) is 1. The lowest BCUT2D eigenvalue weighted by atomic mass is 10.1. The van der Waals surface area contributed by atoms with E-state index in [1.165, 1.54) is 18.2 Å². The van der Waals surface area contributed by atoms with E-state index < -0.39 is 17.5 Å². The number of benzene rings is 2. The molecule has 26 heavy (non-hydrogen) atoms. The minimum absolute atomic E-state index is 0.308. The first kappa shape index (κ1) is 17.6. The molecule has 0 aliphatic heterocycles. The van der Waals surface area contributed by atoms with Crippen LogP contribution in [-0.4, -0.2) is 16.3 Å². The van der Waals surface area contributed by atoms with E-state index >= 15 is 0 Å². The fourth-order valence-corrected chi connectivity index (χ4v) is 2.71. The van der Waals surface area contributed by atoms with E-state index in [-0.39, 0.29) is 0 Å². The number of amides is 1. The largest absolute Gasteiger partial charge is 0.340 e. The van der Waals surface area contributed by atoms with Gasteiger partial charge in [0.05, 0.1) is 5.69 Å². The Morgan fingerprint density at radius 1 is 1.04 bits per heavy atom. The van der Waals surface area contributed by atoms with Crippen molar-refractivity contribution in [1.29, 1.82) is 0 Å². The van der Waals surface area contributed by atoms with Gasteiger partial charge in [0.15, 0.2) is 0 Å². The molecule has 3 rings (SSSR count).